The van der Waals surface area contributed by atoms with Crippen molar-refractivity contribution in [3.05, 3.63) is 82.8 Å². The molecule has 0 fully saturated rings. The molecule has 1 N–H and O–H groups in total. The first kappa shape index (κ1) is 25.8. The van der Waals surface area contributed by atoms with E-state index in [2.05, 4.69) is 5.32 Å². The molecule has 0 aromatic heterocycles. The van der Waals surface area contributed by atoms with Crippen molar-refractivity contribution >= 4 is 66.2 Å². The van der Waals surface area contributed by atoms with Gasteiger partial charge in [-0.15, -0.1) is 0 Å². The lowest BCUT2D eigenvalue weighted by Crippen LogP contribution is -2.38. The van der Waals surface area contributed by atoms with Crippen molar-refractivity contribution in [2.45, 2.75) is 4.90 Å². The van der Waals surface area contributed by atoms with Crippen molar-refractivity contribution in [3.8, 4) is 0 Å². The number of carbonyl (C=O) groups excluding carboxylic acids is 1. The third kappa shape index (κ3) is 5.82. The number of amides is 1. The number of anilines is 3. The first-order valence-corrected chi connectivity index (χ1v) is 13.8. The Kier molecular flexibility index (Phi) is 7.77. The molecule has 3 aromatic carbocycles. The van der Waals surface area contributed by atoms with E-state index >= 15 is 0 Å². The van der Waals surface area contributed by atoms with E-state index in [4.69, 9.17) is 23.2 Å². The van der Waals surface area contributed by atoms with Crippen molar-refractivity contribution in [3.63, 3.8) is 0 Å². The normalized spacial score (nSPS) is 11.6. The summed E-state index contributed by atoms with van der Waals surface area (Å²) >= 11 is 12.4. The van der Waals surface area contributed by atoms with Gasteiger partial charge < -0.3 is 5.32 Å². The second-order valence-corrected chi connectivity index (χ2v) is 11.9. The van der Waals surface area contributed by atoms with Gasteiger partial charge in [0.05, 0.1) is 32.6 Å². The Labute approximate surface area is 208 Å². The largest absolute Gasteiger partial charge is 0.324 e. The van der Waals surface area contributed by atoms with E-state index in [9.17, 15) is 21.6 Å². The molecule has 1 amide bonds. The average molecular weight is 542 g/mol. The average Bonchev–Trinajstić information content (AvgIpc) is 2.79. The number of carbonyl (C=O) groups is 1. The maximum atomic E-state index is 13.4. The summed E-state index contributed by atoms with van der Waals surface area (Å²) < 4.78 is 52.4. The summed E-state index contributed by atoms with van der Waals surface area (Å²) in [6.45, 7) is -0.608. The Morgan fingerprint density at radius 2 is 1.56 bits per heavy atom. The lowest BCUT2D eigenvalue weighted by Gasteiger charge is -2.25. The van der Waals surface area contributed by atoms with E-state index < -0.39 is 32.5 Å². The van der Waals surface area contributed by atoms with Crippen LogP contribution in [0.3, 0.4) is 0 Å². The number of nitrogens with zero attached hydrogens (tertiary/aromatic N) is 2. The molecule has 0 spiro atoms. The van der Waals surface area contributed by atoms with E-state index in [-0.39, 0.29) is 26.3 Å². The van der Waals surface area contributed by atoms with Crippen LogP contribution in [-0.4, -0.2) is 42.6 Å². The van der Waals surface area contributed by atoms with Crippen molar-refractivity contribution in [2.24, 2.45) is 0 Å². The van der Waals surface area contributed by atoms with Gasteiger partial charge in [0, 0.05) is 12.7 Å². The molecule has 0 saturated carbocycles. The van der Waals surface area contributed by atoms with Crippen LogP contribution in [0.2, 0.25) is 10.0 Å². The summed E-state index contributed by atoms with van der Waals surface area (Å²) in [6, 6.07) is 18.2. The van der Waals surface area contributed by atoms with Gasteiger partial charge in [0.25, 0.3) is 10.0 Å². The number of hydrogen-bond acceptors (Lipinski definition) is 5. The van der Waals surface area contributed by atoms with Crippen LogP contribution in [0.5, 0.6) is 0 Å². The number of nitrogens with one attached hydrogen (secondary N) is 1. The summed E-state index contributed by atoms with van der Waals surface area (Å²) in [5, 5.41) is 2.71. The number of hydrogen-bond donors (Lipinski definition) is 1. The second kappa shape index (κ2) is 10.2. The van der Waals surface area contributed by atoms with E-state index in [0.717, 1.165) is 14.9 Å². The van der Waals surface area contributed by atoms with Crippen LogP contribution in [0.4, 0.5) is 17.1 Å². The molecular formula is C22H21Cl2N3O5S2. The molecule has 0 bridgehead atoms. The Hall–Kier alpha value is -2.79. The molecule has 0 radical (unpaired) electrons. The lowest BCUT2D eigenvalue weighted by molar-refractivity contribution is -0.114. The zero-order valence-electron chi connectivity index (χ0n) is 18.1. The molecule has 3 rings (SSSR count). The highest BCUT2D eigenvalue weighted by molar-refractivity contribution is 7.93. The van der Waals surface area contributed by atoms with Crippen molar-refractivity contribution in [2.75, 3.05) is 33.8 Å². The predicted molar refractivity (Wildman–Crippen MR) is 136 cm³/mol. The van der Waals surface area contributed by atoms with Gasteiger partial charge in [0.2, 0.25) is 15.9 Å². The topological polar surface area (TPSA) is 104 Å². The minimum Gasteiger partial charge on any atom is -0.324 e. The number of rotatable bonds is 8. The fraction of sp³-hybridized carbons (Fsp3) is 0.136. The van der Waals surface area contributed by atoms with Gasteiger partial charge in [-0.1, -0.05) is 53.5 Å². The van der Waals surface area contributed by atoms with Crippen LogP contribution in [0.25, 0.3) is 0 Å². The Morgan fingerprint density at radius 3 is 2.21 bits per heavy atom. The number of halogens is 2. The summed E-state index contributed by atoms with van der Waals surface area (Å²) in [7, 11) is -6.31. The van der Waals surface area contributed by atoms with E-state index in [0.29, 0.717) is 5.69 Å². The van der Waals surface area contributed by atoms with Crippen LogP contribution in [0, 0.1) is 0 Å². The summed E-state index contributed by atoms with van der Waals surface area (Å²) in [4.78, 5) is 12.9. The van der Waals surface area contributed by atoms with Gasteiger partial charge in [-0.05, 0) is 42.5 Å². The van der Waals surface area contributed by atoms with Crippen LogP contribution in [0.15, 0.2) is 77.7 Å². The molecule has 0 saturated heterocycles. The fourth-order valence-corrected chi connectivity index (χ4v) is 5.40. The summed E-state index contributed by atoms with van der Waals surface area (Å²) in [5.41, 5.74) is 0.651. The van der Waals surface area contributed by atoms with Gasteiger partial charge in [-0.3, -0.25) is 13.4 Å². The molecule has 12 heteroatoms. The highest BCUT2D eigenvalue weighted by Crippen LogP contribution is 2.35. The minimum atomic E-state index is -4.18. The van der Waals surface area contributed by atoms with Crippen LogP contribution in [-0.2, 0) is 24.8 Å². The van der Waals surface area contributed by atoms with Gasteiger partial charge in [0.15, 0.2) is 0 Å². The lowest BCUT2D eigenvalue weighted by atomic mass is 10.2. The summed E-state index contributed by atoms with van der Waals surface area (Å²) in [6.07, 6.45) is 1.05. The van der Waals surface area contributed by atoms with Gasteiger partial charge in [0.1, 0.15) is 6.54 Å². The van der Waals surface area contributed by atoms with Crippen LogP contribution >= 0.6 is 23.2 Å². The van der Waals surface area contributed by atoms with Crippen LogP contribution < -0.4 is 13.9 Å². The molecule has 0 aliphatic rings. The zero-order chi connectivity index (χ0) is 25.1. The molecule has 0 aliphatic heterocycles. The van der Waals surface area contributed by atoms with Crippen LogP contribution in [0.1, 0.15) is 0 Å². The third-order valence-corrected chi connectivity index (χ3v) is 8.60. The molecule has 34 heavy (non-hydrogen) atoms. The fourth-order valence-electron chi connectivity index (χ4n) is 3.01. The Morgan fingerprint density at radius 1 is 0.912 bits per heavy atom. The molecule has 0 aliphatic carbocycles. The number of benzene rings is 3. The molecule has 0 atom stereocenters. The standard InChI is InChI=1S/C22H21Cl2N3O5S2/c1-26(33(2,29)30)17-9-6-8-16(14-17)25-21(28)15-27(20-13-7-12-19(23)22(20)24)34(31,32)18-10-4-3-5-11-18/h3-14H,15H2,1-2H3,(H,25,28). The zero-order valence-corrected chi connectivity index (χ0v) is 21.3. The first-order valence-electron chi connectivity index (χ1n) is 9.77. The maximum Gasteiger partial charge on any atom is 0.264 e. The minimum absolute atomic E-state index is 0.0201. The SMILES string of the molecule is CN(c1cccc(NC(=O)CN(c2cccc(Cl)c2Cl)S(=O)(=O)c2ccccc2)c1)S(C)(=O)=O. The van der Waals surface area contributed by atoms with Gasteiger partial charge in [-0.2, -0.15) is 0 Å². The summed E-state index contributed by atoms with van der Waals surface area (Å²) in [5.74, 6) is -0.672. The Balaban J connectivity index is 1.95. The molecule has 180 valence electrons. The predicted octanol–water partition coefficient (Wildman–Crippen LogP) is 4.22. The van der Waals surface area contributed by atoms with Gasteiger partial charge >= 0.3 is 0 Å². The number of sulfonamides is 2. The van der Waals surface area contributed by atoms with Gasteiger partial charge in [-0.25, -0.2) is 16.8 Å². The molecule has 0 heterocycles. The quantitative estimate of drug-likeness (QED) is 0.459. The monoisotopic (exact) mass is 541 g/mol. The smallest absolute Gasteiger partial charge is 0.264 e. The van der Waals surface area contributed by atoms with E-state index in [1.807, 2.05) is 0 Å². The Bertz CT molecular complexity index is 1420. The van der Waals surface area contributed by atoms with E-state index in [1.165, 1.54) is 43.4 Å². The maximum absolute atomic E-state index is 13.4. The van der Waals surface area contributed by atoms with Crippen molar-refractivity contribution < 1.29 is 21.6 Å². The van der Waals surface area contributed by atoms with Crippen molar-refractivity contribution in [1.82, 2.24) is 0 Å². The molecule has 8 nitrogen and oxygen atoms in total. The second-order valence-electron chi connectivity index (χ2n) is 7.23. The third-order valence-electron chi connectivity index (χ3n) is 4.81. The molecule has 3 aromatic rings. The molecular weight excluding hydrogens is 521 g/mol. The molecule has 0 unspecified atom stereocenters. The van der Waals surface area contributed by atoms with E-state index in [1.54, 1.807) is 36.4 Å². The van der Waals surface area contributed by atoms with Crippen molar-refractivity contribution in [1.29, 1.82) is 0 Å². The highest BCUT2D eigenvalue weighted by atomic mass is 35.5. The first-order chi connectivity index (χ1) is 15.9. The highest BCUT2D eigenvalue weighted by Gasteiger charge is 2.29.